The van der Waals surface area contributed by atoms with Crippen LogP contribution in [0.5, 0.6) is 0 Å². The van der Waals surface area contributed by atoms with Crippen molar-refractivity contribution in [2.75, 3.05) is 0 Å². The van der Waals surface area contributed by atoms with E-state index in [1.165, 1.54) is 25.7 Å². The molecule has 0 aliphatic heterocycles. The van der Waals surface area contributed by atoms with Gasteiger partial charge in [-0.3, -0.25) is 0 Å². The second-order valence-corrected chi connectivity index (χ2v) is 8.66. The van der Waals surface area contributed by atoms with Gasteiger partial charge in [0.2, 0.25) is 0 Å². The van der Waals surface area contributed by atoms with Crippen LogP contribution in [0.15, 0.2) is 12.2 Å². The Bertz CT molecular complexity index is 448. The number of alkyl halides is 4. The third kappa shape index (κ3) is 5.69. The maximum atomic E-state index is 14.8. The second-order valence-electron chi connectivity index (χ2n) is 8.66. The van der Waals surface area contributed by atoms with Crippen LogP contribution in [0.3, 0.4) is 0 Å². The van der Waals surface area contributed by atoms with Crippen molar-refractivity contribution in [3.63, 3.8) is 0 Å². The van der Waals surface area contributed by atoms with E-state index in [-0.39, 0.29) is 37.1 Å². The summed E-state index contributed by atoms with van der Waals surface area (Å²) in [5.41, 5.74) is 0. The molecule has 0 heterocycles. The topological polar surface area (TPSA) is 63.0 Å². The average molecular weight is 399 g/mol. The summed E-state index contributed by atoms with van der Waals surface area (Å²) >= 11 is 0. The van der Waals surface area contributed by atoms with Crippen molar-refractivity contribution < 1.29 is 29.9 Å². The highest BCUT2D eigenvalue weighted by molar-refractivity contribution is 4.95. The van der Waals surface area contributed by atoms with Crippen LogP contribution >= 0.6 is 0 Å². The van der Waals surface area contributed by atoms with Gasteiger partial charge >= 0.3 is 0 Å². The predicted molar refractivity (Wildman–Crippen MR) is 103 cm³/mol. The Kier molecular flexibility index (Phi) is 9.76. The molecule has 0 bridgehead atoms. The highest BCUT2D eigenvalue weighted by Crippen LogP contribution is 2.47. The molecular formula is C21H38F4O2. The van der Waals surface area contributed by atoms with Crippen LogP contribution in [0.25, 0.3) is 0 Å². The quantitative estimate of drug-likeness (QED) is 0.467. The Hall–Kier alpha value is -0.620. The van der Waals surface area contributed by atoms with Crippen LogP contribution in [-0.4, -0.2) is 35.6 Å². The summed E-state index contributed by atoms with van der Waals surface area (Å²) in [6, 6.07) is 0. The third-order valence-corrected chi connectivity index (χ3v) is 7.16. The molecule has 3 saturated carbocycles. The number of halogens is 4. The first-order valence-corrected chi connectivity index (χ1v) is 10.2. The molecule has 3 fully saturated rings. The number of rotatable bonds is 3. The van der Waals surface area contributed by atoms with Crippen LogP contribution in [0.1, 0.15) is 66.1 Å². The van der Waals surface area contributed by atoms with Crippen LogP contribution in [0, 0.1) is 29.6 Å². The molecule has 0 spiro atoms. The molecule has 0 amide bonds. The van der Waals surface area contributed by atoms with Crippen molar-refractivity contribution >= 4 is 0 Å². The highest BCUT2D eigenvalue weighted by atomic mass is 19.2. The molecule has 0 aromatic heterocycles. The van der Waals surface area contributed by atoms with Gasteiger partial charge in [-0.15, -0.1) is 0 Å². The Morgan fingerprint density at radius 1 is 0.667 bits per heavy atom. The molecule has 2 nitrogen and oxygen atoms in total. The van der Waals surface area contributed by atoms with Gasteiger partial charge in [-0.2, -0.15) is 0 Å². The second kappa shape index (κ2) is 10.8. The van der Waals surface area contributed by atoms with Crippen molar-refractivity contribution in [2.45, 2.75) is 89.4 Å². The monoisotopic (exact) mass is 398 g/mol. The largest absolute Gasteiger partial charge is 0.412 e. The number of hydrogen-bond donors (Lipinski definition) is 0. The third-order valence-electron chi connectivity index (χ3n) is 7.16. The molecule has 0 saturated heterocycles. The maximum Gasteiger partial charge on any atom is 0.162 e. The highest BCUT2D eigenvalue weighted by Gasteiger charge is 2.45. The van der Waals surface area contributed by atoms with E-state index in [2.05, 4.69) is 19.1 Å². The van der Waals surface area contributed by atoms with Gasteiger partial charge in [0.05, 0.1) is 0 Å². The summed E-state index contributed by atoms with van der Waals surface area (Å²) in [6.45, 7) is 2.06. The van der Waals surface area contributed by atoms with Crippen LogP contribution < -0.4 is 0 Å². The van der Waals surface area contributed by atoms with Gasteiger partial charge in [0.15, 0.2) is 6.17 Å². The van der Waals surface area contributed by atoms with Crippen molar-refractivity contribution in [1.29, 1.82) is 0 Å². The lowest BCUT2D eigenvalue weighted by Crippen LogP contribution is -2.43. The van der Waals surface area contributed by atoms with Crippen molar-refractivity contribution in [3.05, 3.63) is 12.2 Å². The molecule has 6 heteroatoms. The van der Waals surface area contributed by atoms with Gasteiger partial charge in [-0.05, 0) is 94.3 Å². The van der Waals surface area contributed by atoms with E-state index in [9.17, 15) is 17.6 Å². The van der Waals surface area contributed by atoms with Gasteiger partial charge in [-0.1, -0.05) is 12.2 Å². The Balaban J connectivity index is 0.00000243. The first-order chi connectivity index (χ1) is 12.0. The van der Waals surface area contributed by atoms with Crippen molar-refractivity contribution in [2.24, 2.45) is 29.6 Å². The first-order valence-electron chi connectivity index (χ1n) is 10.2. The smallest absolute Gasteiger partial charge is 0.162 e. The van der Waals surface area contributed by atoms with Gasteiger partial charge in [0.25, 0.3) is 0 Å². The van der Waals surface area contributed by atoms with Crippen molar-refractivity contribution in [1.82, 2.24) is 0 Å². The lowest BCUT2D eigenvalue weighted by Gasteiger charge is -2.43. The zero-order valence-electron chi connectivity index (χ0n) is 16.2. The zero-order valence-corrected chi connectivity index (χ0v) is 16.2. The first kappa shape index (κ1) is 24.4. The zero-order chi connectivity index (χ0) is 18.0. The summed E-state index contributed by atoms with van der Waals surface area (Å²) < 4.78 is 55.6. The van der Waals surface area contributed by atoms with E-state index >= 15 is 0 Å². The van der Waals surface area contributed by atoms with E-state index < -0.39 is 24.7 Å². The maximum absolute atomic E-state index is 14.8. The normalized spacial score (nSPS) is 45.7. The summed E-state index contributed by atoms with van der Waals surface area (Å²) in [5.74, 6) is 1.08. The lowest BCUT2D eigenvalue weighted by atomic mass is 9.64. The molecule has 27 heavy (non-hydrogen) atoms. The Morgan fingerprint density at radius 2 is 1.19 bits per heavy atom. The van der Waals surface area contributed by atoms with E-state index in [0.717, 1.165) is 6.42 Å². The molecule has 5 atom stereocenters. The van der Waals surface area contributed by atoms with Gasteiger partial charge in [0, 0.05) is 1.43 Å². The van der Waals surface area contributed by atoms with Gasteiger partial charge in [-0.25, -0.2) is 17.6 Å². The van der Waals surface area contributed by atoms with Crippen LogP contribution in [0.2, 0.25) is 0 Å². The molecule has 3 rings (SSSR count). The summed E-state index contributed by atoms with van der Waals surface area (Å²) in [7, 11) is 0. The average Bonchev–Trinajstić information content (AvgIpc) is 2.60. The molecule has 5 unspecified atom stereocenters. The fourth-order valence-corrected chi connectivity index (χ4v) is 5.72. The molecular weight excluding hydrogens is 360 g/mol. The molecule has 3 aliphatic rings. The fourth-order valence-electron chi connectivity index (χ4n) is 5.72. The predicted octanol–water partition coefficient (Wildman–Crippen LogP) is 5.14. The minimum absolute atomic E-state index is 0. The summed E-state index contributed by atoms with van der Waals surface area (Å²) in [5, 5.41) is 0. The SMILES string of the molecule is C/C=C/C1CCC(C2CCC(C3CC(F)C(F)C(F)C3)C(F)C2)CC1.O.O.[HH]. The lowest BCUT2D eigenvalue weighted by molar-refractivity contribution is -0.0284. The Labute approximate surface area is 161 Å². The summed E-state index contributed by atoms with van der Waals surface area (Å²) in [4.78, 5) is 0. The van der Waals surface area contributed by atoms with E-state index in [4.69, 9.17) is 0 Å². The molecule has 4 N–H and O–H groups in total. The van der Waals surface area contributed by atoms with Gasteiger partial charge < -0.3 is 11.0 Å². The standard InChI is InChI=1S/C21H32F4.2H2O.H2/c1-2-3-13-4-6-14(7-5-13)15-8-9-17(18(22)10-15)16-11-19(23)21(25)20(24)12-16;;;/h2-3,13-21H,4-12H2,1H3;2*1H2;1H/b3-2+;;;. The minimum atomic E-state index is -2.02. The van der Waals surface area contributed by atoms with E-state index in [1.54, 1.807) is 0 Å². The van der Waals surface area contributed by atoms with Gasteiger partial charge in [0.1, 0.15) is 18.5 Å². The van der Waals surface area contributed by atoms with E-state index in [1.807, 2.05) is 0 Å². The Morgan fingerprint density at radius 3 is 1.70 bits per heavy atom. The molecule has 162 valence electrons. The van der Waals surface area contributed by atoms with Crippen molar-refractivity contribution in [3.8, 4) is 0 Å². The summed E-state index contributed by atoms with van der Waals surface area (Å²) in [6.07, 6.45) is 4.81. The van der Waals surface area contributed by atoms with E-state index in [0.29, 0.717) is 30.6 Å². The minimum Gasteiger partial charge on any atom is -0.412 e. The van der Waals surface area contributed by atoms with Crippen LogP contribution in [-0.2, 0) is 0 Å². The molecule has 0 aromatic rings. The van der Waals surface area contributed by atoms with Crippen LogP contribution in [0.4, 0.5) is 17.6 Å². The number of hydrogen-bond acceptors (Lipinski definition) is 0. The fraction of sp³-hybridized carbons (Fsp3) is 0.905. The molecule has 0 aromatic carbocycles. The number of allylic oxidation sites excluding steroid dienone is 2. The molecule has 3 aliphatic carbocycles. The molecule has 0 radical (unpaired) electrons.